The van der Waals surface area contributed by atoms with E-state index in [2.05, 4.69) is 27.3 Å². The molecule has 8 heteroatoms. The summed E-state index contributed by atoms with van der Waals surface area (Å²) in [6.45, 7) is 1.88. The van der Waals surface area contributed by atoms with Gasteiger partial charge in [-0.25, -0.2) is 4.39 Å². The number of nitrogens with one attached hydrogen (secondary N) is 1. The molecule has 2 heterocycles. The van der Waals surface area contributed by atoms with E-state index >= 15 is 4.39 Å². The number of hydrogen-bond donors (Lipinski definition) is 2. The number of nitriles is 1. The summed E-state index contributed by atoms with van der Waals surface area (Å²) in [5.41, 5.74) is 7.53. The predicted octanol–water partition coefficient (Wildman–Crippen LogP) is 4.31. The Labute approximate surface area is 192 Å². The molecule has 2 aromatic rings. The summed E-state index contributed by atoms with van der Waals surface area (Å²) in [6, 6.07) is 12.0. The van der Waals surface area contributed by atoms with Gasteiger partial charge in [-0.15, -0.1) is 0 Å². The summed E-state index contributed by atoms with van der Waals surface area (Å²) in [6.07, 6.45) is 1.20. The number of carbonyl (C=O) groups excluding carboxylic acids is 2. The summed E-state index contributed by atoms with van der Waals surface area (Å²) in [4.78, 5) is 28.4. The molecule has 0 radical (unpaired) electrons. The molecule has 0 fully saturated rings. The fourth-order valence-corrected chi connectivity index (χ4v) is 5.37. The topological polar surface area (TPSA) is 99.2 Å². The largest absolute Gasteiger partial charge is 0.384 e. The molecule has 32 heavy (non-hydrogen) atoms. The Morgan fingerprint density at radius 1 is 1.22 bits per heavy atom. The molecule has 5 rings (SSSR count). The number of aryl methyl sites for hydroxylation is 1. The van der Waals surface area contributed by atoms with Crippen molar-refractivity contribution in [2.24, 2.45) is 5.73 Å². The lowest BCUT2D eigenvalue weighted by Gasteiger charge is -2.43. The Hall–Kier alpha value is -3.44. The maximum atomic E-state index is 15.0. The van der Waals surface area contributed by atoms with E-state index in [4.69, 9.17) is 5.73 Å². The molecular weight excluding hydrogens is 475 g/mol. The van der Waals surface area contributed by atoms with Crippen LogP contribution in [0.3, 0.4) is 0 Å². The molecule has 1 aliphatic carbocycles. The highest BCUT2D eigenvalue weighted by Crippen LogP contribution is 2.55. The maximum absolute atomic E-state index is 15.0. The minimum Gasteiger partial charge on any atom is -0.384 e. The van der Waals surface area contributed by atoms with Crippen molar-refractivity contribution in [1.82, 2.24) is 0 Å². The second kappa shape index (κ2) is 7.04. The number of anilines is 2. The lowest BCUT2D eigenvalue weighted by Crippen LogP contribution is -2.51. The van der Waals surface area contributed by atoms with Crippen molar-refractivity contribution in [1.29, 1.82) is 5.26 Å². The molecule has 6 nitrogen and oxygen atoms in total. The number of nitrogens with two attached hydrogens (primary N) is 1. The van der Waals surface area contributed by atoms with Crippen LogP contribution in [0, 0.1) is 24.1 Å². The Morgan fingerprint density at radius 2 is 2.00 bits per heavy atom. The third-order valence-electron chi connectivity index (χ3n) is 6.33. The first-order valence-corrected chi connectivity index (χ1v) is 10.9. The zero-order valence-corrected chi connectivity index (χ0v) is 18.7. The Bertz CT molecular complexity index is 1340. The average Bonchev–Trinajstić information content (AvgIpc) is 3.02. The lowest BCUT2D eigenvalue weighted by atomic mass is 9.63. The van der Waals surface area contributed by atoms with Gasteiger partial charge >= 0.3 is 0 Å². The van der Waals surface area contributed by atoms with Crippen LogP contribution in [-0.4, -0.2) is 11.7 Å². The zero-order chi connectivity index (χ0) is 22.8. The molecular formula is C24H18BrFN4O2. The van der Waals surface area contributed by atoms with Crippen molar-refractivity contribution in [2.45, 2.75) is 31.6 Å². The van der Waals surface area contributed by atoms with Gasteiger partial charge in [0.2, 0.25) is 5.91 Å². The van der Waals surface area contributed by atoms with E-state index in [9.17, 15) is 14.9 Å². The molecule has 0 aromatic heterocycles. The Kier molecular flexibility index (Phi) is 4.50. The van der Waals surface area contributed by atoms with Crippen molar-refractivity contribution < 1.29 is 14.0 Å². The molecule has 2 aromatic carbocycles. The number of amides is 1. The predicted molar refractivity (Wildman–Crippen MR) is 121 cm³/mol. The van der Waals surface area contributed by atoms with Crippen molar-refractivity contribution in [3.8, 4) is 6.07 Å². The van der Waals surface area contributed by atoms with Crippen molar-refractivity contribution in [2.75, 3.05) is 10.2 Å². The smallest absolute Gasteiger partial charge is 0.245 e. The van der Waals surface area contributed by atoms with Crippen molar-refractivity contribution in [3.05, 3.63) is 80.5 Å². The third kappa shape index (κ3) is 2.55. The molecule has 3 N–H and O–H groups in total. The van der Waals surface area contributed by atoms with E-state index in [1.54, 1.807) is 18.2 Å². The Morgan fingerprint density at radius 3 is 2.72 bits per heavy atom. The van der Waals surface area contributed by atoms with Gasteiger partial charge in [0.25, 0.3) is 0 Å². The highest BCUT2D eigenvalue weighted by molar-refractivity contribution is 9.10. The Balaban J connectivity index is 1.90. The molecule has 1 amide bonds. The van der Waals surface area contributed by atoms with Gasteiger partial charge < -0.3 is 11.1 Å². The average molecular weight is 493 g/mol. The van der Waals surface area contributed by atoms with Crippen molar-refractivity contribution >= 4 is 39.0 Å². The number of Topliss-reactive ketones (excluding diaryl/α,β-unsaturated/α-hetero) is 1. The molecule has 1 unspecified atom stereocenters. The highest BCUT2D eigenvalue weighted by Gasteiger charge is 2.60. The van der Waals surface area contributed by atoms with E-state index in [0.29, 0.717) is 34.3 Å². The van der Waals surface area contributed by atoms with Crippen LogP contribution in [0.15, 0.2) is 63.5 Å². The second-order valence-electron chi connectivity index (χ2n) is 8.15. The molecule has 0 saturated carbocycles. The van der Waals surface area contributed by atoms with Crippen LogP contribution in [0.4, 0.5) is 15.8 Å². The number of carbonyl (C=O) groups is 2. The van der Waals surface area contributed by atoms with Gasteiger partial charge in [0.05, 0.1) is 11.3 Å². The molecule has 0 saturated heterocycles. The third-order valence-corrected chi connectivity index (χ3v) is 6.83. The highest BCUT2D eigenvalue weighted by atomic mass is 79.9. The molecule has 0 bridgehead atoms. The van der Waals surface area contributed by atoms with Gasteiger partial charge in [0, 0.05) is 33.4 Å². The number of fused-ring (bicyclic) bond motifs is 3. The second-order valence-corrected chi connectivity index (χ2v) is 9.07. The minimum atomic E-state index is -1.64. The number of allylic oxidation sites excluding steroid dienone is 1. The van der Waals surface area contributed by atoms with Gasteiger partial charge in [-0.1, -0.05) is 33.6 Å². The van der Waals surface area contributed by atoms with E-state index in [0.717, 1.165) is 5.56 Å². The van der Waals surface area contributed by atoms with Crippen LogP contribution in [0.1, 0.15) is 30.4 Å². The van der Waals surface area contributed by atoms with Crippen LogP contribution >= 0.6 is 15.9 Å². The standard InChI is InChI=1S/C24H18BrFN4O2/c1-12-5-7-17-14(9-12)24(23(32)29-17)15(11-27)22(28)30(18-8-6-13(25)10-16(18)26)19-3-2-4-20(31)21(19)24/h5-10H,2-4,28H2,1H3,(H,29,32). The van der Waals surface area contributed by atoms with Crippen LogP contribution in [-0.2, 0) is 15.0 Å². The summed E-state index contributed by atoms with van der Waals surface area (Å²) in [5.74, 6) is -1.34. The zero-order valence-electron chi connectivity index (χ0n) is 17.1. The lowest BCUT2D eigenvalue weighted by molar-refractivity contribution is -0.122. The summed E-state index contributed by atoms with van der Waals surface area (Å²) >= 11 is 3.25. The fourth-order valence-electron chi connectivity index (χ4n) is 5.04. The van der Waals surface area contributed by atoms with Crippen molar-refractivity contribution in [3.63, 3.8) is 0 Å². The van der Waals surface area contributed by atoms with Crippen LogP contribution in [0.5, 0.6) is 0 Å². The monoisotopic (exact) mass is 492 g/mol. The summed E-state index contributed by atoms with van der Waals surface area (Å²) in [5, 5.41) is 13.1. The summed E-state index contributed by atoms with van der Waals surface area (Å²) in [7, 11) is 0. The van der Waals surface area contributed by atoms with E-state index < -0.39 is 17.1 Å². The first kappa shape index (κ1) is 20.5. The number of benzene rings is 2. The van der Waals surface area contributed by atoms with Crippen LogP contribution in [0.25, 0.3) is 0 Å². The number of nitrogens with zero attached hydrogens (tertiary/aromatic N) is 2. The van der Waals surface area contributed by atoms with E-state index in [1.807, 2.05) is 13.0 Å². The molecule has 3 aliphatic rings. The SMILES string of the molecule is Cc1ccc2c(c1)C1(C(=O)N2)C(C#N)=C(N)N(c2ccc(Br)cc2F)C2=C1C(=O)CCC2. The first-order valence-electron chi connectivity index (χ1n) is 10.2. The fraction of sp³-hybridized carbons (Fsp3) is 0.208. The molecule has 2 aliphatic heterocycles. The normalized spacial score (nSPS) is 22.1. The molecule has 1 atom stereocenters. The number of rotatable bonds is 1. The number of ketones is 1. The summed E-state index contributed by atoms with van der Waals surface area (Å²) < 4.78 is 15.6. The number of hydrogen-bond acceptors (Lipinski definition) is 5. The quantitative estimate of drug-likeness (QED) is 0.617. The minimum absolute atomic E-state index is 0.0494. The van der Waals surface area contributed by atoms with Crippen LogP contribution in [0.2, 0.25) is 0 Å². The first-order chi connectivity index (χ1) is 15.3. The van der Waals surface area contributed by atoms with Crippen LogP contribution < -0.4 is 16.0 Å². The maximum Gasteiger partial charge on any atom is 0.245 e. The van der Waals surface area contributed by atoms with Gasteiger partial charge in [-0.2, -0.15) is 5.26 Å². The number of halogens is 2. The van der Waals surface area contributed by atoms with Gasteiger partial charge in [0.15, 0.2) is 5.78 Å². The van der Waals surface area contributed by atoms with Gasteiger partial charge in [-0.3, -0.25) is 14.5 Å². The van der Waals surface area contributed by atoms with E-state index in [-0.39, 0.29) is 34.9 Å². The van der Waals surface area contributed by atoms with E-state index in [1.165, 1.54) is 17.0 Å². The van der Waals surface area contributed by atoms with Gasteiger partial charge in [-0.05, 0) is 44.0 Å². The molecule has 160 valence electrons. The molecule has 1 spiro atoms. The van der Waals surface area contributed by atoms with Gasteiger partial charge in [0.1, 0.15) is 23.1 Å².